The fourth-order valence-electron chi connectivity index (χ4n) is 5.07. The van der Waals surface area contributed by atoms with Crippen LogP contribution >= 0.6 is 0 Å². The van der Waals surface area contributed by atoms with Gasteiger partial charge in [-0.3, -0.25) is 9.48 Å². The van der Waals surface area contributed by atoms with Crippen LogP contribution in [0, 0.1) is 5.92 Å². The molecule has 2 fully saturated rings. The van der Waals surface area contributed by atoms with Crippen molar-refractivity contribution >= 4 is 16.9 Å². The van der Waals surface area contributed by atoms with E-state index < -0.39 is 0 Å². The Morgan fingerprint density at radius 3 is 2.74 bits per heavy atom. The minimum Gasteiger partial charge on any atom is -0.356 e. The first-order valence-electron chi connectivity index (χ1n) is 12.9. The molecule has 1 aliphatic heterocycles. The van der Waals surface area contributed by atoms with E-state index in [1.165, 1.54) is 6.42 Å². The second-order valence-electron chi connectivity index (χ2n) is 10.2. The topological polar surface area (TPSA) is 80.9 Å². The van der Waals surface area contributed by atoms with Crippen LogP contribution < -0.4 is 5.32 Å². The predicted molar refractivity (Wildman–Crippen MR) is 133 cm³/mol. The Bertz CT molecular complexity index is 1110. The number of nitrogens with one attached hydrogen (secondary N) is 1. The largest absolute Gasteiger partial charge is 0.356 e. The molecule has 8 nitrogen and oxygen atoms in total. The van der Waals surface area contributed by atoms with Crippen molar-refractivity contribution < 1.29 is 4.79 Å². The van der Waals surface area contributed by atoms with Gasteiger partial charge in [0.2, 0.25) is 5.91 Å². The molecule has 182 valence electrons. The fraction of sp³-hybridized carbons (Fsp3) is 0.615. The second-order valence-corrected chi connectivity index (χ2v) is 10.2. The Morgan fingerprint density at radius 2 is 2.00 bits per heavy atom. The molecule has 1 aliphatic carbocycles. The molecule has 8 heteroatoms. The van der Waals surface area contributed by atoms with Crippen LogP contribution in [0.25, 0.3) is 11.0 Å². The van der Waals surface area contributed by atoms with Crippen LogP contribution in [0.15, 0.2) is 30.9 Å². The van der Waals surface area contributed by atoms with E-state index in [4.69, 9.17) is 4.98 Å². The van der Waals surface area contributed by atoms with Gasteiger partial charge in [-0.05, 0) is 57.6 Å². The van der Waals surface area contributed by atoms with E-state index in [1.807, 2.05) is 12.4 Å². The van der Waals surface area contributed by atoms with Gasteiger partial charge in [-0.25, -0.2) is 9.97 Å². The molecule has 3 aromatic heterocycles. The van der Waals surface area contributed by atoms with Gasteiger partial charge in [-0.2, -0.15) is 5.10 Å². The van der Waals surface area contributed by atoms with Crippen LogP contribution in [0.5, 0.6) is 0 Å². The Hall–Kier alpha value is -2.74. The van der Waals surface area contributed by atoms with Crippen molar-refractivity contribution in [3.05, 3.63) is 42.2 Å². The summed E-state index contributed by atoms with van der Waals surface area (Å²) in [6.07, 6.45) is 15.3. The molecule has 34 heavy (non-hydrogen) atoms. The summed E-state index contributed by atoms with van der Waals surface area (Å²) in [4.78, 5) is 24.0. The minimum absolute atomic E-state index is 0.222. The summed E-state index contributed by atoms with van der Waals surface area (Å²) < 4.78 is 4.31. The van der Waals surface area contributed by atoms with Crippen molar-refractivity contribution in [1.29, 1.82) is 0 Å². The fourth-order valence-corrected chi connectivity index (χ4v) is 5.07. The molecule has 0 unspecified atom stereocenters. The molecular weight excluding hydrogens is 426 g/mol. The third-order valence-corrected chi connectivity index (χ3v) is 7.52. The van der Waals surface area contributed by atoms with Crippen LogP contribution in [0.1, 0.15) is 69.8 Å². The molecule has 2 aliphatic rings. The van der Waals surface area contributed by atoms with Crippen LogP contribution in [0.3, 0.4) is 0 Å². The zero-order valence-corrected chi connectivity index (χ0v) is 20.5. The number of aromatic nitrogens is 5. The highest BCUT2D eigenvalue weighted by molar-refractivity contribution is 5.79. The zero-order valence-electron chi connectivity index (χ0n) is 20.5. The molecule has 5 rings (SSSR count). The van der Waals surface area contributed by atoms with Crippen LogP contribution in [-0.2, 0) is 17.8 Å². The summed E-state index contributed by atoms with van der Waals surface area (Å²) in [5.74, 6) is 1.29. The highest BCUT2D eigenvalue weighted by Gasteiger charge is 2.24. The molecule has 0 aromatic carbocycles. The number of likely N-dealkylation sites (tertiary alicyclic amines) is 1. The molecule has 1 saturated carbocycles. The molecule has 0 atom stereocenters. The first-order valence-corrected chi connectivity index (χ1v) is 12.9. The molecule has 3 aromatic rings. The number of nitrogens with zero attached hydrogens (tertiary/aromatic N) is 6. The summed E-state index contributed by atoms with van der Waals surface area (Å²) in [6.45, 7) is 8.36. The van der Waals surface area contributed by atoms with Crippen molar-refractivity contribution in [1.82, 2.24) is 34.5 Å². The Labute approximate surface area is 201 Å². The summed E-state index contributed by atoms with van der Waals surface area (Å²) in [7, 11) is 0. The SMILES string of the molecule is CC(C)N1CCC(n2cc(Cc3ncc4ccn(CCCNC(=O)C5CCC5)c4n3)cn2)CC1. The number of rotatable bonds is 9. The van der Waals surface area contributed by atoms with Crippen LogP contribution in [-0.4, -0.2) is 60.8 Å². The quantitative estimate of drug-likeness (QED) is 0.491. The monoisotopic (exact) mass is 463 g/mol. The maximum absolute atomic E-state index is 12.0. The highest BCUT2D eigenvalue weighted by atomic mass is 16.1. The molecular formula is C26H37N7O. The van der Waals surface area contributed by atoms with Gasteiger partial charge < -0.3 is 14.8 Å². The average Bonchev–Trinajstić information content (AvgIpc) is 3.43. The summed E-state index contributed by atoms with van der Waals surface area (Å²) >= 11 is 0. The van der Waals surface area contributed by atoms with Gasteiger partial charge >= 0.3 is 0 Å². The molecule has 1 amide bonds. The van der Waals surface area contributed by atoms with Gasteiger partial charge in [0.05, 0.1) is 12.2 Å². The van der Waals surface area contributed by atoms with Crippen molar-refractivity contribution in [2.75, 3.05) is 19.6 Å². The Kier molecular flexibility index (Phi) is 6.94. The maximum Gasteiger partial charge on any atom is 0.223 e. The van der Waals surface area contributed by atoms with Crippen molar-refractivity contribution in [2.45, 2.75) is 77.4 Å². The van der Waals surface area contributed by atoms with Crippen molar-refractivity contribution in [3.8, 4) is 0 Å². The average molecular weight is 464 g/mol. The summed E-state index contributed by atoms with van der Waals surface area (Å²) in [6, 6.07) is 3.16. The van der Waals surface area contributed by atoms with Gasteiger partial charge in [0.1, 0.15) is 11.5 Å². The van der Waals surface area contributed by atoms with E-state index in [0.29, 0.717) is 25.0 Å². The maximum atomic E-state index is 12.0. The van der Waals surface area contributed by atoms with Gasteiger partial charge in [-0.1, -0.05) is 6.42 Å². The highest BCUT2D eigenvalue weighted by Crippen LogP contribution is 2.26. The van der Waals surface area contributed by atoms with Crippen LogP contribution in [0.4, 0.5) is 0 Å². The lowest BCUT2D eigenvalue weighted by atomic mass is 9.85. The number of hydrogen-bond donors (Lipinski definition) is 1. The molecule has 1 N–H and O–H groups in total. The van der Waals surface area contributed by atoms with Gasteiger partial charge in [0, 0.05) is 68.5 Å². The lowest BCUT2D eigenvalue weighted by molar-refractivity contribution is -0.127. The number of aryl methyl sites for hydroxylation is 1. The number of amides is 1. The first-order chi connectivity index (χ1) is 16.6. The molecule has 0 bridgehead atoms. The lowest BCUT2D eigenvalue weighted by Gasteiger charge is -2.34. The van der Waals surface area contributed by atoms with E-state index >= 15 is 0 Å². The van der Waals surface area contributed by atoms with Crippen molar-refractivity contribution in [2.24, 2.45) is 5.92 Å². The summed E-state index contributed by atoms with van der Waals surface area (Å²) in [5.41, 5.74) is 2.12. The van der Waals surface area contributed by atoms with E-state index in [2.05, 4.69) is 61.9 Å². The van der Waals surface area contributed by atoms with Crippen molar-refractivity contribution in [3.63, 3.8) is 0 Å². The van der Waals surface area contributed by atoms with E-state index in [9.17, 15) is 4.79 Å². The zero-order chi connectivity index (χ0) is 23.5. The van der Waals surface area contributed by atoms with E-state index in [0.717, 1.165) is 74.2 Å². The normalized spacial score (nSPS) is 18.0. The number of piperidine rings is 1. The number of carbonyl (C=O) groups excluding carboxylic acids is 1. The second kappa shape index (κ2) is 10.3. The number of hydrogen-bond acceptors (Lipinski definition) is 5. The van der Waals surface area contributed by atoms with E-state index in [-0.39, 0.29) is 11.8 Å². The Morgan fingerprint density at radius 1 is 1.18 bits per heavy atom. The Balaban J connectivity index is 1.17. The standard InChI is InChI=1S/C26H37N7O/c1-19(2)31-13-8-23(9-14-31)33-18-20(16-29-33)15-24-28-17-22-7-12-32(25(22)30-24)11-4-10-27-26(34)21-5-3-6-21/h7,12,16-19,21,23H,3-6,8-11,13-15H2,1-2H3,(H,27,34). The third-order valence-electron chi connectivity index (χ3n) is 7.52. The molecule has 4 heterocycles. The summed E-state index contributed by atoms with van der Waals surface area (Å²) in [5, 5.41) is 8.80. The van der Waals surface area contributed by atoms with E-state index in [1.54, 1.807) is 0 Å². The number of fused-ring (bicyclic) bond motifs is 1. The minimum atomic E-state index is 0.222. The molecule has 0 radical (unpaired) electrons. The van der Waals surface area contributed by atoms with Gasteiger partial charge in [-0.15, -0.1) is 0 Å². The predicted octanol–water partition coefficient (Wildman–Crippen LogP) is 3.57. The first kappa shape index (κ1) is 23.0. The number of carbonyl (C=O) groups is 1. The van der Waals surface area contributed by atoms with Crippen LogP contribution in [0.2, 0.25) is 0 Å². The molecule has 1 saturated heterocycles. The van der Waals surface area contributed by atoms with Gasteiger partial charge in [0.15, 0.2) is 0 Å². The molecule has 0 spiro atoms. The van der Waals surface area contributed by atoms with Gasteiger partial charge in [0.25, 0.3) is 0 Å². The smallest absolute Gasteiger partial charge is 0.223 e. The third kappa shape index (κ3) is 5.17. The lowest BCUT2D eigenvalue weighted by Crippen LogP contribution is -2.39.